The average molecular weight is 496 g/mol. The Morgan fingerprint density at radius 3 is 2.53 bits per heavy atom. The number of hydrogen-bond donors (Lipinski definition) is 3. The van der Waals surface area contributed by atoms with Gasteiger partial charge in [-0.15, -0.1) is 0 Å². The van der Waals surface area contributed by atoms with E-state index in [0.29, 0.717) is 12.0 Å². The predicted molar refractivity (Wildman–Crippen MR) is 131 cm³/mol. The van der Waals surface area contributed by atoms with Crippen LogP contribution >= 0.6 is 0 Å². The molecule has 192 valence electrons. The number of amides is 1. The fourth-order valence-electron chi connectivity index (χ4n) is 5.59. The van der Waals surface area contributed by atoms with Gasteiger partial charge in [0.25, 0.3) is 5.91 Å². The molecule has 36 heavy (non-hydrogen) atoms. The van der Waals surface area contributed by atoms with Crippen LogP contribution in [0, 0.1) is 17.8 Å². The number of aliphatic hydroxyl groups is 2. The first-order chi connectivity index (χ1) is 17.0. The molecular formula is C28H33NO7. The molecule has 7 atom stereocenters. The zero-order chi connectivity index (χ0) is 26.3. The van der Waals surface area contributed by atoms with Crippen molar-refractivity contribution in [3.8, 4) is 0 Å². The second-order valence-corrected chi connectivity index (χ2v) is 10.2. The molecule has 1 aromatic rings. The molecule has 0 radical (unpaired) electrons. The minimum absolute atomic E-state index is 0.262. The topological polar surface area (TPSA) is 122 Å². The Kier molecular flexibility index (Phi) is 6.94. The summed E-state index contributed by atoms with van der Waals surface area (Å²) in [5.41, 5.74) is -1.30. The lowest BCUT2D eigenvalue weighted by Crippen LogP contribution is -2.57. The molecule has 1 aromatic carbocycles. The van der Waals surface area contributed by atoms with Gasteiger partial charge in [0.05, 0.1) is 24.3 Å². The minimum atomic E-state index is -1.85. The first kappa shape index (κ1) is 25.9. The Labute approximate surface area is 210 Å². The van der Waals surface area contributed by atoms with Crippen molar-refractivity contribution in [1.82, 2.24) is 5.32 Å². The van der Waals surface area contributed by atoms with Crippen molar-refractivity contribution >= 4 is 17.8 Å². The Bertz CT molecular complexity index is 1140. The van der Waals surface area contributed by atoms with Gasteiger partial charge >= 0.3 is 6.16 Å². The van der Waals surface area contributed by atoms with Crippen molar-refractivity contribution < 1.29 is 34.1 Å². The standard InChI is InChI=1S/C28H33NO7/c1-16-9-8-12-20-23(30)18(3)17(2)22-21(15-19-10-6-5-7-11-19)29-25(32)28(20,22)36-26(33)35-14-13-27(4,34)24(16)31/h5-8,10-14,16,18,20-21,23,30,34H,9,15H2,1-4H3,(H,29,32). The third-order valence-corrected chi connectivity index (χ3v) is 7.71. The van der Waals surface area contributed by atoms with Gasteiger partial charge in [-0.1, -0.05) is 61.9 Å². The molecule has 1 amide bonds. The lowest BCUT2D eigenvalue weighted by Gasteiger charge is -2.44. The summed E-state index contributed by atoms with van der Waals surface area (Å²) >= 11 is 0. The number of aliphatic hydroxyl groups excluding tert-OH is 1. The molecule has 0 bridgehead atoms. The molecule has 8 heteroatoms. The Morgan fingerprint density at radius 2 is 1.83 bits per heavy atom. The van der Waals surface area contributed by atoms with Gasteiger partial charge in [0.15, 0.2) is 5.78 Å². The van der Waals surface area contributed by atoms with E-state index in [0.717, 1.165) is 23.5 Å². The van der Waals surface area contributed by atoms with E-state index in [1.807, 2.05) is 44.2 Å². The normalized spacial score (nSPS) is 37.1. The molecule has 2 aliphatic heterocycles. The van der Waals surface area contributed by atoms with Crippen molar-refractivity contribution in [2.24, 2.45) is 17.8 Å². The third-order valence-electron chi connectivity index (χ3n) is 7.71. The number of ether oxygens (including phenoxy) is 2. The van der Waals surface area contributed by atoms with Crippen LogP contribution in [0.5, 0.6) is 0 Å². The van der Waals surface area contributed by atoms with E-state index < -0.39 is 53.0 Å². The van der Waals surface area contributed by atoms with Gasteiger partial charge in [0.2, 0.25) is 5.60 Å². The van der Waals surface area contributed by atoms with Gasteiger partial charge in [-0.3, -0.25) is 9.59 Å². The van der Waals surface area contributed by atoms with E-state index in [1.165, 1.54) is 6.92 Å². The first-order valence-corrected chi connectivity index (χ1v) is 12.2. The highest BCUT2D eigenvalue weighted by Gasteiger charge is 2.64. The van der Waals surface area contributed by atoms with Crippen LogP contribution in [0.15, 0.2) is 66.0 Å². The first-order valence-electron chi connectivity index (χ1n) is 12.2. The SMILES string of the molecule is CC1=C2C(Cc3ccccc3)NC(=O)C23OC(=O)OC=CC(C)(O)C(=O)C(C)CC=CC3C(O)C1C. The lowest BCUT2D eigenvalue weighted by atomic mass is 9.65. The molecule has 8 nitrogen and oxygen atoms in total. The number of benzene rings is 1. The number of Topliss-reactive ketones (excluding diaryl/α,β-unsaturated/α-hetero) is 1. The van der Waals surface area contributed by atoms with Gasteiger partial charge in [-0.2, -0.15) is 0 Å². The van der Waals surface area contributed by atoms with E-state index in [-0.39, 0.29) is 12.3 Å². The maximum atomic E-state index is 13.7. The van der Waals surface area contributed by atoms with Crippen molar-refractivity contribution in [3.05, 3.63) is 71.5 Å². The highest BCUT2D eigenvalue weighted by Crippen LogP contribution is 2.49. The van der Waals surface area contributed by atoms with E-state index in [1.54, 1.807) is 19.1 Å². The number of rotatable bonds is 2. The van der Waals surface area contributed by atoms with Crippen molar-refractivity contribution in [2.75, 3.05) is 0 Å². The summed E-state index contributed by atoms with van der Waals surface area (Å²) in [6.07, 6.45) is 3.86. The summed E-state index contributed by atoms with van der Waals surface area (Å²) in [6.45, 7) is 6.71. The zero-order valence-electron chi connectivity index (χ0n) is 20.9. The van der Waals surface area contributed by atoms with E-state index >= 15 is 0 Å². The van der Waals surface area contributed by atoms with Gasteiger partial charge in [0.1, 0.15) is 5.60 Å². The molecule has 4 rings (SSSR count). The van der Waals surface area contributed by atoms with Crippen molar-refractivity contribution in [2.45, 2.75) is 63.9 Å². The second kappa shape index (κ2) is 9.67. The third kappa shape index (κ3) is 4.40. The van der Waals surface area contributed by atoms with Gasteiger partial charge in [-0.25, -0.2) is 4.79 Å². The fraction of sp³-hybridized carbons (Fsp3) is 0.464. The summed E-state index contributed by atoms with van der Waals surface area (Å²) in [7, 11) is 0. The number of carbonyl (C=O) groups excluding carboxylic acids is 3. The molecule has 3 N–H and O–H groups in total. The van der Waals surface area contributed by atoms with Crippen LogP contribution in [-0.2, 0) is 25.5 Å². The molecular weight excluding hydrogens is 462 g/mol. The van der Waals surface area contributed by atoms with Gasteiger partial charge in [-0.05, 0) is 38.3 Å². The number of ketones is 1. The van der Waals surface area contributed by atoms with Crippen LogP contribution in [0.3, 0.4) is 0 Å². The summed E-state index contributed by atoms with van der Waals surface area (Å²) in [4.78, 5) is 39.3. The molecule has 0 saturated carbocycles. The Morgan fingerprint density at radius 1 is 1.14 bits per heavy atom. The quantitative estimate of drug-likeness (QED) is 0.426. The summed E-state index contributed by atoms with van der Waals surface area (Å²) in [5.74, 6) is -2.78. The molecule has 1 aliphatic carbocycles. The monoisotopic (exact) mass is 495 g/mol. The van der Waals surface area contributed by atoms with E-state index in [2.05, 4.69) is 5.32 Å². The van der Waals surface area contributed by atoms with Crippen LogP contribution in [0.4, 0.5) is 4.79 Å². The largest absolute Gasteiger partial charge is 0.514 e. The minimum Gasteiger partial charge on any atom is -0.412 e. The molecule has 3 aliphatic rings. The maximum absolute atomic E-state index is 13.7. The lowest BCUT2D eigenvalue weighted by molar-refractivity contribution is -0.144. The number of hydrogen-bond acceptors (Lipinski definition) is 7. The molecule has 0 aromatic heterocycles. The molecule has 7 unspecified atom stereocenters. The van der Waals surface area contributed by atoms with Crippen LogP contribution in [0.1, 0.15) is 39.7 Å². The summed E-state index contributed by atoms with van der Waals surface area (Å²) in [5, 5.41) is 24.8. The highest BCUT2D eigenvalue weighted by atomic mass is 16.7. The highest BCUT2D eigenvalue weighted by molar-refractivity contribution is 5.96. The number of nitrogens with one attached hydrogen (secondary N) is 1. The van der Waals surface area contributed by atoms with Crippen molar-refractivity contribution in [3.63, 3.8) is 0 Å². The molecule has 1 saturated heterocycles. The Hall–Kier alpha value is -3.23. The van der Waals surface area contributed by atoms with E-state index in [4.69, 9.17) is 9.47 Å². The molecule has 2 heterocycles. The summed E-state index contributed by atoms with van der Waals surface area (Å²) < 4.78 is 10.9. The number of allylic oxidation sites excluding steroid dienone is 1. The average Bonchev–Trinajstić information content (AvgIpc) is 3.10. The molecule has 1 spiro atoms. The second-order valence-electron chi connectivity index (χ2n) is 10.2. The van der Waals surface area contributed by atoms with Crippen LogP contribution in [0.2, 0.25) is 0 Å². The van der Waals surface area contributed by atoms with Crippen molar-refractivity contribution in [1.29, 1.82) is 0 Å². The Balaban J connectivity index is 1.83. The summed E-state index contributed by atoms with van der Waals surface area (Å²) in [6, 6.07) is 9.21. The van der Waals surface area contributed by atoms with Crippen LogP contribution in [-0.4, -0.2) is 51.4 Å². The smallest absolute Gasteiger partial charge is 0.412 e. The van der Waals surface area contributed by atoms with Gasteiger partial charge in [0, 0.05) is 17.4 Å². The number of cyclic esters (lactones) is 1. The predicted octanol–water partition coefficient (Wildman–Crippen LogP) is 2.99. The zero-order valence-corrected chi connectivity index (χ0v) is 20.9. The maximum Gasteiger partial charge on any atom is 0.514 e. The van der Waals surface area contributed by atoms with E-state index in [9.17, 15) is 24.6 Å². The van der Waals surface area contributed by atoms with Gasteiger partial charge < -0.3 is 25.0 Å². The fourth-order valence-corrected chi connectivity index (χ4v) is 5.59. The number of carbonyl (C=O) groups is 3. The van der Waals surface area contributed by atoms with Crippen LogP contribution < -0.4 is 5.32 Å². The van der Waals surface area contributed by atoms with Crippen LogP contribution in [0.25, 0.3) is 0 Å². The molecule has 1 fully saturated rings.